The first-order chi connectivity index (χ1) is 10.8. The zero-order chi connectivity index (χ0) is 15.4. The minimum Gasteiger partial charge on any atom is -0.497 e. The molecular formula is C16H16N4OS. The number of pyridine rings is 1. The third-order valence-electron chi connectivity index (χ3n) is 3.23. The number of nitrogens with zero attached hydrogens (tertiary/aromatic N) is 4. The van der Waals surface area contributed by atoms with Crippen molar-refractivity contribution < 1.29 is 4.74 Å². The molecule has 0 radical (unpaired) electrons. The maximum Gasteiger partial charge on any atom is 0.191 e. The molecule has 5 nitrogen and oxygen atoms in total. The van der Waals surface area contributed by atoms with Crippen LogP contribution in [0.4, 0.5) is 0 Å². The summed E-state index contributed by atoms with van der Waals surface area (Å²) in [5.74, 6) is 2.45. The van der Waals surface area contributed by atoms with Gasteiger partial charge in [-0.15, -0.1) is 10.2 Å². The fourth-order valence-electron chi connectivity index (χ4n) is 2.07. The molecule has 0 aliphatic heterocycles. The SMILES string of the molecule is COc1cccc(CSc2nnc(-c3ccccn3)n2C)c1. The lowest BCUT2D eigenvalue weighted by atomic mass is 10.2. The van der Waals surface area contributed by atoms with E-state index in [0.717, 1.165) is 28.2 Å². The van der Waals surface area contributed by atoms with Gasteiger partial charge in [-0.25, -0.2) is 0 Å². The summed E-state index contributed by atoms with van der Waals surface area (Å²) >= 11 is 1.64. The van der Waals surface area contributed by atoms with Gasteiger partial charge >= 0.3 is 0 Å². The van der Waals surface area contributed by atoms with Crippen LogP contribution in [0.3, 0.4) is 0 Å². The van der Waals surface area contributed by atoms with E-state index < -0.39 is 0 Å². The van der Waals surface area contributed by atoms with Crippen LogP contribution in [0.15, 0.2) is 53.8 Å². The first kappa shape index (κ1) is 14.6. The van der Waals surface area contributed by atoms with Crippen LogP contribution >= 0.6 is 11.8 Å². The summed E-state index contributed by atoms with van der Waals surface area (Å²) in [6, 6.07) is 13.8. The third-order valence-corrected chi connectivity index (χ3v) is 4.32. The Kier molecular flexibility index (Phi) is 4.39. The highest BCUT2D eigenvalue weighted by Crippen LogP contribution is 2.25. The number of hydrogen-bond donors (Lipinski definition) is 0. The predicted molar refractivity (Wildman–Crippen MR) is 86.8 cm³/mol. The first-order valence-electron chi connectivity index (χ1n) is 6.84. The fraction of sp³-hybridized carbons (Fsp3) is 0.188. The number of rotatable bonds is 5. The number of thioether (sulfide) groups is 1. The molecular weight excluding hydrogens is 296 g/mol. The van der Waals surface area contributed by atoms with Crippen molar-refractivity contribution in [3.63, 3.8) is 0 Å². The van der Waals surface area contributed by atoms with Gasteiger partial charge in [-0.05, 0) is 29.8 Å². The molecule has 0 saturated carbocycles. The van der Waals surface area contributed by atoms with Crippen molar-refractivity contribution in [3.8, 4) is 17.3 Å². The van der Waals surface area contributed by atoms with Crippen molar-refractivity contribution in [2.24, 2.45) is 7.05 Å². The van der Waals surface area contributed by atoms with Crippen LogP contribution in [0.25, 0.3) is 11.5 Å². The highest BCUT2D eigenvalue weighted by atomic mass is 32.2. The van der Waals surface area contributed by atoms with Crippen LogP contribution in [0.5, 0.6) is 5.75 Å². The summed E-state index contributed by atoms with van der Waals surface area (Å²) in [6.45, 7) is 0. The maximum absolute atomic E-state index is 5.24. The monoisotopic (exact) mass is 312 g/mol. The molecule has 3 rings (SSSR count). The second-order valence-electron chi connectivity index (χ2n) is 4.72. The molecule has 6 heteroatoms. The largest absolute Gasteiger partial charge is 0.497 e. The Morgan fingerprint density at radius 3 is 2.82 bits per heavy atom. The maximum atomic E-state index is 5.24. The molecule has 0 spiro atoms. The quantitative estimate of drug-likeness (QED) is 0.677. The molecule has 3 aromatic rings. The molecule has 0 atom stereocenters. The van der Waals surface area contributed by atoms with Crippen LogP contribution in [-0.2, 0) is 12.8 Å². The molecule has 0 N–H and O–H groups in total. The van der Waals surface area contributed by atoms with Gasteiger partial charge in [0.15, 0.2) is 11.0 Å². The zero-order valence-electron chi connectivity index (χ0n) is 12.4. The molecule has 112 valence electrons. The number of hydrogen-bond acceptors (Lipinski definition) is 5. The first-order valence-corrected chi connectivity index (χ1v) is 7.83. The van der Waals surface area contributed by atoms with Crippen LogP contribution in [0.2, 0.25) is 0 Å². The molecule has 0 bridgehead atoms. The lowest BCUT2D eigenvalue weighted by Gasteiger charge is -2.05. The average molecular weight is 312 g/mol. The van der Waals surface area contributed by atoms with Gasteiger partial charge in [0.25, 0.3) is 0 Å². The van der Waals surface area contributed by atoms with Gasteiger partial charge in [0.05, 0.1) is 7.11 Å². The molecule has 0 fully saturated rings. The van der Waals surface area contributed by atoms with Crippen molar-refractivity contribution in [1.82, 2.24) is 19.7 Å². The molecule has 0 aliphatic rings. The smallest absolute Gasteiger partial charge is 0.191 e. The highest BCUT2D eigenvalue weighted by molar-refractivity contribution is 7.98. The molecule has 0 unspecified atom stereocenters. The Hall–Kier alpha value is -2.34. The van der Waals surface area contributed by atoms with Gasteiger partial charge in [-0.2, -0.15) is 0 Å². The predicted octanol–water partition coefficient (Wildman–Crippen LogP) is 3.18. The van der Waals surface area contributed by atoms with Gasteiger partial charge in [-0.1, -0.05) is 30.0 Å². The van der Waals surface area contributed by atoms with Crippen LogP contribution in [0, 0.1) is 0 Å². The van der Waals surface area contributed by atoms with Gasteiger partial charge in [0.1, 0.15) is 11.4 Å². The Labute approximate surface area is 133 Å². The van der Waals surface area contributed by atoms with Crippen molar-refractivity contribution in [1.29, 1.82) is 0 Å². The van der Waals surface area contributed by atoms with Crippen LogP contribution < -0.4 is 4.74 Å². The highest BCUT2D eigenvalue weighted by Gasteiger charge is 2.12. The molecule has 22 heavy (non-hydrogen) atoms. The van der Waals surface area contributed by atoms with E-state index in [0.29, 0.717) is 0 Å². The van der Waals surface area contributed by atoms with Crippen molar-refractivity contribution in [3.05, 3.63) is 54.2 Å². The minimum absolute atomic E-state index is 0.772. The van der Waals surface area contributed by atoms with E-state index in [2.05, 4.69) is 21.2 Å². The van der Waals surface area contributed by atoms with E-state index in [9.17, 15) is 0 Å². The number of aromatic nitrogens is 4. The van der Waals surface area contributed by atoms with E-state index in [4.69, 9.17) is 4.74 Å². The van der Waals surface area contributed by atoms with Crippen molar-refractivity contribution in [2.75, 3.05) is 7.11 Å². The third kappa shape index (κ3) is 3.12. The molecule has 0 saturated heterocycles. The summed E-state index contributed by atoms with van der Waals surface area (Å²) < 4.78 is 7.21. The standard InChI is InChI=1S/C16H16N4OS/c1-20-15(14-8-3-4-9-17-14)18-19-16(20)22-11-12-6-5-7-13(10-12)21-2/h3-10H,11H2,1-2H3. The summed E-state index contributed by atoms with van der Waals surface area (Å²) in [5, 5.41) is 9.36. The van der Waals surface area contributed by atoms with E-state index in [1.165, 1.54) is 5.56 Å². The summed E-state index contributed by atoms with van der Waals surface area (Å²) in [6.07, 6.45) is 1.76. The zero-order valence-corrected chi connectivity index (χ0v) is 13.2. The van der Waals surface area contributed by atoms with Crippen LogP contribution in [0.1, 0.15) is 5.56 Å². The Balaban J connectivity index is 1.75. The van der Waals surface area contributed by atoms with Crippen LogP contribution in [-0.4, -0.2) is 26.9 Å². The van der Waals surface area contributed by atoms with E-state index in [1.54, 1.807) is 25.1 Å². The summed E-state index contributed by atoms with van der Waals surface area (Å²) in [5.41, 5.74) is 2.01. The summed E-state index contributed by atoms with van der Waals surface area (Å²) in [7, 11) is 3.63. The average Bonchev–Trinajstić information content (AvgIpc) is 2.95. The lowest BCUT2D eigenvalue weighted by Crippen LogP contribution is -1.96. The lowest BCUT2D eigenvalue weighted by molar-refractivity contribution is 0.414. The Morgan fingerprint density at radius 2 is 2.05 bits per heavy atom. The Morgan fingerprint density at radius 1 is 1.14 bits per heavy atom. The molecule has 1 aromatic carbocycles. The van der Waals surface area contributed by atoms with Gasteiger partial charge in [0, 0.05) is 19.0 Å². The topological polar surface area (TPSA) is 52.8 Å². The fourth-order valence-corrected chi connectivity index (χ4v) is 2.92. The normalized spacial score (nSPS) is 10.6. The second kappa shape index (κ2) is 6.62. The molecule has 2 heterocycles. The molecule has 0 aliphatic carbocycles. The second-order valence-corrected chi connectivity index (χ2v) is 5.66. The molecule has 0 amide bonds. The molecule has 2 aromatic heterocycles. The van der Waals surface area contributed by atoms with E-state index >= 15 is 0 Å². The number of methoxy groups -OCH3 is 1. The summed E-state index contributed by atoms with van der Waals surface area (Å²) in [4.78, 5) is 4.31. The number of benzene rings is 1. The van der Waals surface area contributed by atoms with E-state index in [1.807, 2.05) is 48.0 Å². The van der Waals surface area contributed by atoms with Gasteiger partial charge < -0.3 is 9.30 Å². The Bertz CT molecular complexity index is 758. The van der Waals surface area contributed by atoms with Gasteiger partial charge in [0.2, 0.25) is 0 Å². The van der Waals surface area contributed by atoms with Crippen molar-refractivity contribution in [2.45, 2.75) is 10.9 Å². The van der Waals surface area contributed by atoms with Gasteiger partial charge in [-0.3, -0.25) is 4.98 Å². The minimum atomic E-state index is 0.772. The van der Waals surface area contributed by atoms with Crippen molar-refractivity contribution >= 4 is 11.8 Å². The van der Waals surface area contributed by atoms with E-state index in [-0.39, 0.29) is 0 Å². The number of ether oxygens (including phenoxy) is 1.